The van der Waals surface area contributed by atoms with Crippen molar-refractivity contribution < 1.29 is 0 Å². The van der Waals surface area contributed by atoms with Crippen LogP contribution in [-0.4, -0.2) is 6.04 Å². The monoisotopic (exact) mass is 231 g/mol. The van der Waals surface area contributed by atoms with Crippen LogP contribution in [0.2, 0.25) is 0 Å². The van der Waals surface area contributed by atoms with Gasteiger partial charge in [-0.2, -0.15) is 11.3 Å². The Bertz CT molecular complexity index is 434. The fourth-order valence-electron chi connectivity index (χ4n) is 1.81. The van der Waals surface area contributed by atoms with Crippen molar-refractivity contribution in [2.45, 2.75) is 26.3 Å². The average Bonchev–Trinajstić information content (AvgIpc) is 2.74. The first kappa shape index (κ1) is 11.2. The maximum Gasteiger partial charge on any atom is 0.0372 e. The minimum Gasteiger partial charge on any atom is -0.382 e. The third-order valence-corrected chi connectivity index (χ3v) is 3.40. The Morgan fingerprint density at radius 1 is 1.25 bits per heavy atom. The Kier molecular flexibility index (Phi) is 3.62. The molecule has 0 aliphatic rings. The molecule has 2 heteroatoms. The molecule has 1 aromatic heterocycles. The van der Waals surface area contributed by atoms with Gasteiger partial charge in [-0.1, -0.05) is 18.2 Å². The molecule has 0 saturated heterocycles. The quantitative estimate of drug-likeness (QED) is 0.835. The van der Waals surface area contributed by atoms with Crippen LogP contribution in [0.3, 0.4) is 0 Å². The van der Waals surface area contributed by atoms with Crippen LogP contribution in [0, 0.1) is 6.92 Å². The molecule has 2 rings (SSSR count). The van der Waals surface area contributed by atoms with Crippen molar-refractivity contribution in [1.29, 1.82) is 0 Å². The van der Waals surface area contributed by atoms with Gasteiger partial charge in [0, 0.05) is 11.7 Å². The standard InChI is InChI=1S/C14H17NS/c1-11-5-3-4-6-14(11)15-12(2)9-13-7-8-16-10-13/h3-8,10,12,15H,9H2,1-2H3. The lowest BCUT2D eigenvalue weighted by Gasteiger charge is -2.16. The second kappa shape index (κ2) is 5.17. The zero-order chi connectivity index (χ0) is 11.4. The van der Waals surface area contributed by atoms with E-state index in [9.17, 15) is 0 Å². The summed E-state index contributed by atoms with van der Waals surface area (Å²) in [7, 11) is 0. The number of nitrogens with one attached hydrogen (secondary N) is 1. The highest BCUT2D eigenvalue weighted by Gasteiger charge is 2.05. The van der Waals surface area contributed by atoms with E-state index in [1.807, 2.05) is 0 Å². The Labute approximate surface area is 101 Å². The topological polar surface area (TPSA) is 12.0 Å². The summed E-state index contributed by atoms with van der Waals surface area (Å²) in [6.07, 6.45) is 1.08. The molecule has 1 N–H and O–H groups in total. The summed E-state index contributed by atoms with van der Waals surface area (Å²) < 4.78 is 0. The zero-order valence-corrected chi connectivity index (χ0v) is 10.6. The second-order valence-corrected chi connectivity index (χ2v) is 4.98. The van der Waals surface area contributed by atoms with Crippen LogP contribution in [0.25, 0.3) is 0 Å². The van der Waals surface area contributed by atoms with Gasteiger partial charge in [0.15, 0.2) is 0 Å². The Morgan fingerprint density at radius 3 is 2.75 bits per heavy atom. The average molecular weight is 231 g/mol. The maximum atomic E-state index is 3.55. The molecule has 1 heterocycles. The molecule has 0 bridgehead atoms. The van der Waals surface area contributed by atoms with Gasteiger partial charge in [-0.05, 0) is 54.3 Å². The predicted molar refractivity (Wildman–Crippen MR) is 72.3 cm³/mol. The number of para-hydroxylation sites is 1. The van der Waals surface area contributed by atoms with Crippen LogP contribution in [0.1, 0.15) is 18.1 Å². The third-order valence-electron chi connectivity index (χ3n) is 2.67. The summed E-state index contributed by atoms with van der Waals surface area (Å²) in [4.78, 5) is 0. The molecule has 16 heavy (non-hydrogen) atoms. The second-order valence-electron chi connectivity index (χ2n) is 4.20. The summed E-state index contributed by atoms with van der Waals surface area (Å²) in [5, 5.41) is 7.91. The number of hydrogen-bond donors (Lipinski definition) is 1. The van der Waals surface area contributed by atoms with E-state index in [2.05, 4.69) is 60.3 Å². The highest BCUT2D eigenvalue weighted by atomic mass is 32.1. The fraction of sp³-hybridized carbons (Fsp3) is 0.286. The van der Waals surface area contributed by atoms with Crippen molar-refractivity contribution in [3.63, 3.8) is 0 Å². The van der Waals surface area contributed by atoms with Crippen molar-refractivity contribution in [1.82, 2.24) is 0 Å². The van der Waals surface area contributed by atoms with Crippen molar-refractivity contribution >= 4 is 17.0 Å². The summed E-state index contributed by atoms with van der Waals surface area (Å²) in [6, 6.07) is 11.1. The Morgan fingerprint density at radius 2 is 2.06 bits per heavy atom. The highest BCUT2D eigenvalue weighted by Crippen LogP contribution is 2.16. The van der Waals surface area contributed by atoms with Crippen molar-refractivity contribution in [2.24, 2.45) is 0 Å². The molecule has 0 fully saturated rings. The first-order chi connectivity index (χ1) is 7.75. The van der Waals surface area contributed by atoms with Crippen LogP contribution in [0.15, 0.2) is 41.1 Å². The maximum absolute atomic E-state index is 3.55. The van der Waals surface area contributed by atoms with Gasteiger partial charge in [0.1, 0.15) is 0 Å². The number of hydrogen-bond acceptors (Lipinski definition) is 2. The molecule has 0 saturated carbocycles. The summed E-state index contributed by atoms with van der Waals surface area (Å²) in [5.41, 5.74) is 3.96. The first-order valence-electron chi connectivity index (χ1n) is 5.59. The van der Waals surface area contributed by atoms with E-state index in [-0.39, 0.29) is 0 Å². The van der Waals surface area contributed by atoms with Gasteiger partial charge in [-0.3, -0.25) is 0 Å². The smallest absolute Gasteiger partial charge is 0.0372 e. The van der Waals surface area contributed by atoms with Gasteiger partial charge in [-0.15, -0.1) is 0 Å². The highest BCUT2D eigenvalue weighted by molar-refractivity contribution is 7.07. The molecule has 0 aliphatic carbocycles. The zero-order valence-electron chi connectivity index (χ0n) is 9.73. The van der Waals surface area contributed by atoms with Gasteiger partial charge in [-0.25, -0.2) is 0 Å². The van der Waals surface area contributed by atoms with E-state index in [1.165, 1.54) is 16.8 Å². The number of aryl methyl sites for hydroxylation is 1. The number of rotatable bonds is 4. The summed E-state index contributed by atoms with van der Waals surface area (Å²) >= 11 is 1.76. The normalized spacial score (nSPS) is 12.4. The number of benzene rings is 1. The van der Waals surface area contributed by atoms with E-state index in [1.54, 1.807) is 11.3 Å². The van der Waals surface area contributed by atoms with Crippen LogP contribution >= 0.6 is 11.3 Å². The first-order valence-corrected chi connectivity index (χ1v) is 6.53. The fourth-order valence-corrected chi connectivity index (χ4v) is 2.50. The van der Waals surface area contributed by atoms with Gasteiger partial charge >= 0.3 is 0 Å². The van der Waals surface area contributed by atoms with Crippen LogP contribution in [0.4, 0.5) is 5.69 Å². The van der Waals surface area contributed by atoms with E-state index >= 15 is 0 Å². The van der Waals surface area contributed by atoms with E-state index in [0.29, 0.717) is 6.04 Å². The minimum absolute atomic E-state index is 0.468. The van der Waals surface area contributed by atoms with Gasteiger partial charge in [0.05, 0.1) is 0 Å². The van der Waals surface area contributed by atoms with Crippen molar-refractivity contribution in [3.8, 4) is 0 Å². The van der Waals surface area contributed by atoms with Gasteiger partial charge in [0.2, 0.25) is 0 Å². The molecule has 1 unspecified atom stereocenters. The molecule has 1 aromatic carbocycles. The molecule has 0 aliphatic heterocycles. The van der Waals surface area contributed by atoms with Crippen molar-refractivity contribution in [3.05, 3.63) is 52.2 Å². The molecule has 84 valence electrons. The summed E-state index contributed by atoms with van der Waals surface area (Å²) in [6.45, 7) is 4.36. The minimum atomic E-state index is 0.468. The van der Waals surface area contributed by atoms with Crippen LogP contribution in [0.5, 0.6) is 0 Å². The van der Waals surface area contributed by atoms with E-state index < -0.39 is 0 Å². The van der Waals surface area contributed by atoms with Crippen LogP contribution < -0.4 is 5.32 Å². The molecule has 0 radical (unpaired) electrons. The van der Waals surface area contributed by atoms with Crippen LogP contribution in [-0.2, 0) is 6.42 Å². The number of thiophene rings is 1. The SMILES string of the molecule is Cc1ccccc1NC(C)Cc1ccsc1. The Balaban J connectivity index is 1.97. The molecule has 1 nitrogen and oxygen atoms in total. The predicted octanol–water partition coefficient (Wildman–Crippen LogP) is 4.10. The third kappa shape index (κ3) is 2.86. The molecule has 1 atom stereocenters. The molecular weight excluding hydrogens is 214 g/mol. The Hall–Kier alpha value is -1.28. The summed E-state index contributed by atoms with van der Waals surface area (Å²) in [5.74, 6) is 0. The number of anilines is 1. The molecular formula is C14H17NS. The lowest BCUT2D eigenvalue weighted by Crippen LogP contribution is -2.18. The molecule has 0 spiro atoms. The molecule has 2 aromatic rings. The van der Waals surface area contributed by atoms with Gasteiger partial charge in [0.25, 0.3) is 0 Å². The van der Waals surface area contributed by atoms with Crippen molar-refractivity contribution in [2.75, 3.05) is 5.32 Å². The lowest BCUT2D eigenvalue weighted by molar-refractivity contribution is 0.791. The van der Waals surface area contributed by atoms with E-state index in [4.69, 9.17) is 0 Å². The largest absolute Gasteiger partial charge is 0.382 e. The van der Waals surface area contributed by atoms with Gasteiger partial charge < -0.3 is 5.32 Å². The molecule has 0 amide bonds. The van der Waals surface area contributed by atoms with E-state index in [0.717, 1.165) is 6.42 Å². The lowest BCUT2D eigenvalue weighted by atomic mass is 10.1.